The van der Waals surface area contributed by atoms with E-state index in [1.165, 1.54) is 4.68 Å². The summed E-state index contributed by atoms with van der Waals surface area (Å²) in [5.41, 5.74) is 3.99. The predicted molar refractivity (Wildman–Crippen MR) is 119 cm³/mol. The lowest BCUT2D eigenvalue weighted by Crippen LogP contribution is -2.16. The van der Waals surface area contributed by atoms with Gasteiger partial charge in [0.1, 0.15) is 0 Å². The molecule has 29 heavy (non-hydrogen) atoms. The van der Waals surface area contributed by atoms with Crippen LogP contribution < -0.4 is 16.6 Å². The number of nitrogen functional groups attached to an aromatic ring is 1. The van der Waals surface area contributed by atoms with Crippen LogP contribution in [0.15, 0.2) is 52.7 Å². The molecule has 4 N–H and O–H groups in total. The van der Waals surface area contributed by atoms with Crippen LogP contribution in [0.3, 0.4) is 0 Å². The highest BCUT2D eigenvalue weighted by Gasteiger charge is 2.12. The second-order valence-electron chi connectivity index (χ2n) is 5.60. The van der Waals surface area contributed by atoms with E-state index in [0.717, 1.165) is 17.3 Å². The molecule has 1 aromatic heterocycles. The van der Waals surface area contributed by atoms with Crippen LogP contribution >= 0.6 is 46.6 Å². The quantitative estimate of drug-likeness (QED) is 0.207. The number of anilines is 2. The Hall–Kier alpha value is -2.46. The summed E-state index contributed by atoms with van der Waals surface area (Å²) >= 11 is 18.9. The third kappa shape index (κ3) is 6.26. The van der Waals surface area contributed by atoms with Crippen molar-refractivity contribution in [2.45, 2.75) is 5.16 Å². The summed E-state index contributed by atoms with van der Waals surface area (Å²) < 4.78 is 1.20. The zero-order valence-electron chi connectivity index (χ0n) is 14.6. The summed E-state index contributed by atoms with van der Waals surface area (Å²) in [6.07, 6.45) is 1.57. The molecule has 8 nitrogen and oxygen atoms in total. The van der Waals surface area contributed by atoms with E-state index in [1.807, 2.05) is 12.1 Å². The molecule has 0 atom stereocenters. The Morgan fingerprint density at radius 2 is 1.90 bits per heavy atom. The van der Waals surface area contributed by atoms with Gasteiger partial charge in [-0.25, -0.2) is 10.1 Å². The molecule has 3 rings (SSSR count). The molecule has 0 spiro atoms. The lowest BCUT2D eigenvalue weighted by Gasteiger charge is -2.06. The largest absolute Gasteiger partial charge is 0.334 e. The van der Waals surface area contributed by atoms with Crippen LogP contribution in [0.25, 0.3) is 0 Å². The Labute approximate surface area is 185 Å². The molecule has 1 amide bonds. The number of nitrogens with two attached hydrogens (primary N) is 1. The predicted octanol–water partition coefficient (Wildman–Crippen LogP) is 4.13. The molecule has 0 saturated heterocycles. The molecule has 0 saturated carbocycles. The van der Waals surface area contributed by atoms with E-state index in [0.29, 0.717) is 25.9 Å². The first kappa shape index (κ1) is 21.3. The van der Waals surface area contributed by atoms with Crippen molar-refractivity contribution in [2.75, 3.05) is 22.3 Å². The van der Waals surface area contributed by atoms with Gasteiger partial charge < -0.3 is 11.2 Å². The van der Waals surface area contributed by atoms with Crippen molar-refractivity contribution in [3.63, 3.8) is 0 Å². The van der Waals surface area contributed by atoms with E-state index in [1.54, 1.807) is 36.5 Å². The third-order valence-electron chi connectivity index (χ3n) is 3.37. The van der Waals surface area contributed by atoms with Gasteiger partial charge in [0.05, 0.1) is 12.0 Å². The molecule has 3 aromatic rings. The number of amides is 1. The van der Waals surface area contributed by atoms with E-state index in [-0.39, 0.29) is 17.6 Å². The zero-order chi connectivity index (χ0) is 20.8. The van der Waals surface area contributed by atoms with Gasteiger partial charge in [-0.2, -0.15) is 5.10 Å². The van der Waals surface area contributed by atoms with Crippen molar-refractivity contribution in [2.24, 2.45) is 5.10 Å². The molecule has 0 aliphatic carbocycles. The number of thioether (sulfide) groups is 1. The van der Waals surface area contributed by atoms with Crippen molar-refractivity contribution < 1.29 is 4.79 Å². The average molecular weight is 471 g/mol. The highest BCUT2D eigenvalue weighted by Crippen LogP contribution is 2.23. The van der Waals surface area contributed by atoms with Crippen LogP contribution in [0.2, 0.25) is 15.1 Å². The van der Waals surface area contributed by atoms with Crippen LogP contribution in [0.4, 0.5) is 11.6 Å². The van der Waals surface area contributed by atoms with E-state index in [9.17, 15) is 4.79 Å². The number of hydrogen-bond donors (Lipinski definition) is 3. The minimum absolute atomic E-state index is 0.0608. The van der Waals surface area contributed by atoms with Crippen molar-refractivity contribution in [1.82, 2.24) is 14.9 Å². The molecule has 0 fully saturated rings. The van der Waals surface area contributed by atoms with Gasteiger partial charge >= 0.3 is 0 Å². The molecule has 0 bridgehead atoms. The van der Waals surface area contributed by atoms with Crippen molar-refractivity contribution in [3.8, 4) is 0 Å². The topological polar surface area (TPSA) is 110 Å². The Kier molecular flexibility index (Phi) is 7.21. The molecule has 12 heteroatoms. The summed E-state index contributed by atoms with van der Waals surface area (Å²) in [5.74, 6) is 5.94. The third-order valence-corrected chi connectivity index (χ3v) is 4.98. The van der Waals surface area contributed by atoms with Crippen LogP contribution in [-0.2, 0) is 4.79 Å². The second-order valence-corrected chi connectivity index (χ2v) is 7.85. The normalized spacial score (nSPS) is 11.0. The smallest absolute Gasteiger partial charge is 0.264 e. The number of nitrogens with one attached hydrogen (secondary N) is 2. The first-order valence-corrected chi connectivity index (χ1v) is 10.2. The zero-order valence-corrected chi connectivity index (χ0v) is 17.7. The molecule has 2 aromatic carbocycles. The molecule has 0 aliphatic rings. The number of hydrazone groups is 1. The first-order valence-electron chi connectivity index (χ1n) is 8.04. The monoisotopic (exact) mass is 469 g/mol. The number of aromatic nitrogens is 3. The lowest BCUT2D eigenvalue weighted by molar-refractivity contribution is -0.113. The number of rotatable bonds is 7. The molecule has 1 heterocycles. The number of carbonyl (C=O) groups is 1. The summed E-state index contributed by atoms with van der Waals surface area (Å²) in [6.45, 7) is 0. The fourth-order valence-corrected chi connectivity index (χ4v) is 3.54. The highest BCUT2D eigenvalue weighted by atomic mass is 35.5. The van der Waals surface area contributed by atoms with Gasteiger partial charge in [-0.05, 0) is 35.9 Å². The summed E-state index contributed by atoms with van der Waals surface area (Å²) in [7, 11) is 0. The maximum absolute atomic E-state index is 12.1. The van der Waals surface area contributed by atoms with Crippen LogP contribution in [0.1, 0.15) is 5.56 Å². The van der Waals surface area contributed by atoms with E-state index in [2.05, 4.69) is 26.0 Å². The number of hydrogen-bond acceptors (Lipinski definition) is 7. The Morgan fingerprint density at radius 3 is 2.62 bits per heavy atom. The van der Waals surface area contributed by atoms with Gasteiger partial charge in [0.25, 0.3) is 5.95 Å². The van der Waals surface area contributed by atoms with E-state index < -0.39 is 0 Å². The highest BCUT2D eigenvalue weighted by molar-refractivity contribution is 7.99. The van der Waals surface area contributed by atoms with E-state index >= 15 is 0 Å². The van der Waals surface area contributed by atoms with Gasteiger partial charge in [-0.15, -0.1) is 10.2 Å². The molecule has 0 aliphatic heterocycles. The van der Waals surface area contributed by atoms with Gasteiger partial charge in [-0.3, -0.25) is 4.79 Å². The Morgan fingerprint density at radius 1 is 1.14 bits per heavy atom. The number of carbonyl (C=O) groups excluding carboxylic acids is 1. The maximum Gasteiger partial charge on any atom is 0.264 e. The fraction of sp³-hybridized carbons (Fsp3) is 0.0588. The van der Waals surface area contributed by atoms with Crippen LogP contribution in [0, 0.1) is 0 Å². The Bertz CT molecular complexity index is 1040. The first-order chi connectivity index (χ1) is 13.9. The number of nitrogens with zero attached hydrogens (tertiary/aromatic N) is 4. The minimum atomic E-state index is -0.273. The number of halogens is 3. The minimum Gasteiger partial charge on any atom is -0.334 e. The van der Waals surface area contributed by atoms with E-state index in [4.69, 9.17) is 40.6 Å². The van der Waals surface area contributed by atoms with Gasteiger partial charge in [-0.1, -0.05) is 58.7 Å². The molecule has 0 unspecified atom stereocenters. The van der Waals surface area contributed by atoms with Crippen LogP contribution in [-0.4, -0.2) is 32.7 Å². The summed E-state index contributed by atoms with van der Waals surface area (Å²) in [6, 6.07) is 12.0. The van der Waals surface area contributed by atoms with Gasteiger partial charge in [0.2, 0.25) is 11.1 Å². The standard InChI is InChI=1S/C17H14Cl3N7OS/c18-11-3-1-2-10(4-11)8-22-24-16-25-26-17(27(16)21)29-9-15(28)23-14-6-12(19)5-13(20)7-14/h1-8H,9,21H2,(H,23,28)(H,24,25)/b22-8+. The van der Waals surface area contributed by atoms with Crippen LogP contribution in [0.5, 0.6) is 0 Å². The fourth-order valence-electron chi connectivity index (χ4n) is 2.16. The average Bonchev–Trinajstić information content (AvgIpc) is 2.99. The van der Waals surface area contributed by atoms with Crippen molar-refractivity contribution in [1.29, 1.82) is 0 Å². The second kappa shape index (κ2) is 9.84. The Balaban J connectivity index is 1.54. The molecular weight excluding hydrogens is 457 g/mol. The maximum atomic E-state index is 12.1. The van der Waals surface area contributed by atoms with Gasteiger partial charge in [0, 0.05) is 20.8 Å². The summed E-state index contributed by atoms with van der Waals surface area (Å²) in [5, 5.41) is 16.4. The molecule has 150 valence electrons. The molecule has 0 radical (unpaired) electrons. The van der Waals surface area contributed by atoms with Gasteiger partial charge in [0.15, 0.2) is 0 Å². The lowest BCUT2D eigenvalue weighted by atomic mass is 10.2. The van der Waals surface area contributed by atoms with Crippen molar-refractivity contribution in [3.05, 3.63) is 63.1 Å². The van der Waals surface area contributed by atoms with Crippen molar-refractivity contribution >= 4 is 70.3 Å². The summed E-state index contributed by atoms with van der Waals surface area (Å²) in [4.78, 5) is 12.1. The SMILES string of the molecule is Nn1c(N/N=C/c2cccc(Cl)c2)nnc1SCC(=O)Nc1cc(Cl)cc(Cl)c1. The number of benzene rings is 2. The molecular formula is C17H14Cl3N7OS.